The van der Waals surface area contributed by atoms with Gasteiger partial charge in [-0.25, -0.2) is 9.78 Å². The van der Waals surface area contributed by atoms with Crippen LogP contribution >= 0.6 is 11.3 Å². The van der Waals surface area contributed by atoms with Crippen LogP contribution in [0.2, 0.25) is 0 Å². The molecule has 1 amide bonds. The number of aromatic nitrogens is 4. The van der Waals surface area contributed by atoms with E-state index >= 15 is 0 Å². The predicted octanol–water partition coefficient (Wildman–Crippen LogP) is 1.04. The van der Waals surface area contributed by atoms with E-state index in [0.29, 0.717) is 11.4 Å². The molecule has 0 bridgehead atoms. The van der Waals surface area contributed by atoms with Crippen molar-refractivity contribution < 1.29 is 9.59 Å². The van der Waals surface area contributed by atoms with Crippen molar-refractivity contribution in [1.82, 2.24) is 24.0 Å². The average molecular weight is 417 g/mol. The number of hydrogen-bond donors (Lipinski definition) is 1. The number of carbonyl (C=O) groups is 2. The van der Waals surface area contributed by atoms with E-state index in [0.717, 1.165) is 9.44 Å². The van der Waals surface area contributed by atoms with Crippen LogP contribution in [0.1, 0.15) is 35.3 Å². The first-order chi connectivity index (χ1) is 13.5. The highest BCUT2D eigenvalue weighted by atomic mass is 32.1. The third-order valence-corrected chi connectivity index (χ3v) is 5.70. The fraction of sp³-hybridized carbons (Fsp3) is 0.421. The molecule has 0 saturated carbocycles. The van der Waals surface area contributed by atoms with Crippen LogP contribution in [0.4, 0.5) is 0 Å². The first-order valence-electron chi connectivity index (χ1n) is 9.01. The maximum absolute atomic E-state index is 12.7. The summed E-state index contributed by atoms with van der Waals surface area (Å²) in [6, 6.07) is 3.51. The van der Waals surface area contributed by atoms with E-state index in [2.05, 4.69) is 10.3 Å². The molecule has 0 saturated heterocycles. The maximum Gasteiger partial charge on any atom is 0.332 e. The third kappa shape index (κ3) is 3.93. The van der Waals surface area contributed by atoms with Crippen LogP contribution in [0, 0.1) is 5.41 Å². The van der Waals surface area contributed by atoms with Crippen molar-refractivity contribution in [3.05, 3.63) is 49.1 Å². The van der Waals surface area contributed by atoms with E-state index in [4.69, 9.17) is 0 Å². The number of nitrogens with one attached hydrogen (secondary N) is 1. The molecule has 0 aliphatic carbocycles. The van der Waals surface area contributed by atoms with E-state index in [-0.39, 0.29) is 29.4 Å². The SMILES string of the molecule is Cn1c(=O)c2c(ncn2CC(=O)c2ccc(CNC(=O)C(C)(C)C)s2)n(C)c1=O. The second-order valence-corrected chi connectivity index (χ2v) is 9.04. The van der Waals surface area contributed by atoms with Crippen LogP contribution < -0.4 is 16.6 Å². The van der Waals surface area contributed by atoms with Crippen molar-refractivity contribution >= 4 is 34.2 Å². The lowest BCUT2D eigenvalue weighted by atomic mass is 9.96. The molecule has 3 aromatic heterocycles. The normalized spacial score (nSPS) is 11.8. The van der Waals surface area contributed by atoms with Gasteiger partial charge in [-0.15, -0.1) is 11.3 Å². The minimum absolute atomic E-state index is 0.0647. The van der Waals surface area contributed by atoms with Crippen molar-refractivity contribution in [2.24, 2.45) is 19.5 Å². The molecule has 0 atom stereocenters. The zero-order chi connectivity index (χ0) is 21.5. The molecule has 0 spiro atoms. The standard InChI is InChI=1S/C19H23N5O4S/c1-19(2,3)17(27)20-8-11-6-7-13(29-11)12(25)9-24-10-21-15-14(24)16(26)23(5)18(28)22(15)4/h6-7,10H,8-9H2,1-5H3,(H,20,27). The average Bonchev–Trinajstić information content (AvgIpc) is 3.29. The van der Waals surface area contributed by atoms with Gasteiger partial charge in [-0.1, -0.05) is 20.8 Å². The number of hydrogen-bond acceptors (Lipinski definition) is 6. The molecular weight excluding hydrogens is 394 g/mol. The molecule has 154 valence electrons. The highest BCUT2D eigenvalue weighted by Crippen LogP contribution is 2.19. The first-order valence-corrected chi connectivity index (χ1v) is 9.83. The van der Waals surface area contributed by atoms with Gasteiger partial charge in [0.05, 0.1) is 24.3 Å². The first kappa shape index (κ1) is 20.7. The maximum atomic E-state index is 12.7. The number of aryl methyl sites for hydroxylation is 1. The Morgan fingerprint density at radius 1 is 1.14 bits per heavy atom. The summed E-state index contributed by atoms with van der Waals surface area (Å²) in [5.74, 6) is -0.247. The second kappa shape index (κ2) is 7.43. The Kier molecular flexibility index (Phi) is 5.31. The number of ketones is 1. The van der Waals surface area contributed by atoms with Gasteiger partial charge in [0, 0.05) is 24.4 Å². The minimum Gasteiger partial charge on any atom is -0.351 e. The molecule has 1 N–H and O–H groups in total. The molecule has 0 unspecified atom stereocenters. The zero-order valence-electron chi connectivity index (χ0n) is 17.0. The Bertz CT molecular complexity index is 1220. The molecule has 9 nitrogen and oxygen atoms in total. The summed E-state index contributed by atoms with van der Waals surface area (Å²) in [7, 11) is 2.92. The van der Waals surface area contributed by atoms with Gasteiger partial charge >= 0.3 is 5.69 Å². The van der Waals surface area contributed by atoms with Gasteiger partial charge in [-0.3, -0.25) is 23.5 Å². The number of carbonyl (C=O) groups excluding carboxylic acids is 2. The largest absolute Gasteiger partial charge is 0.351 e. The highest BCUT2D eigenvalue weighted by Gasteiger charge is 2.21. The van der Waals surface area contributed by atoms with E-state index in [1.54, 1.807) is 12.1 Å². The Morgan fingerprint density at radius 3 is 2.48 bits per heavy atom. The van der Waals surface area contributed by atoms with Crippen LogP contribution in [0.25, 0.3) is 11.2 Å². The summed E-state index contributed by atoms with van der Waals surface area (Å²) in [4.78, 5) is 54.7. The minimum atomic E-state index is -0.495. The van der Waals surface area contributed by atoms with Crippen molar-refractivity contribution in [1.29, 1.82) is 0 Å². The molecule has 3 rings (SSSR count). The van der Waals surface area contributed by atoms with Gasteiger partial charge < -0.3 is 9.88 Å². The topological polar surface area (TPSA) is 108 Å². The second-order valence-electron chi connectivity index (χ2n) is 7.87. The smallest absolute Gasteiger partial charge is 0.332 e. The van der Waals surface area contributed by atoms with Crippen molar-refractivity contribution in [2.75, 3.05) is 0 Å². The van der Waals surface area contributed by atoms with Crippen molar-refractivity contribution in [2.45, 2.75) is 33.9 Å². The van der Waals surface area contributed by atoms with E-state index in [1.807, 2.05) is 20.8 Å². The highest BCUT2D eigenvalue weighted by molar-refractivity contribution is 7.14. The number of imidazole rings is 1. The number of rotatable bonds is 5. The number of thiophene rings is 1. The fourth-order valence-corrected chi connectivity index (χ4v) is 3.68. The molecule has 3 aromatic rings. The summed E-state index contributed by atoms with van der Waals surface area (Å²) in [6.07, 6.45) is 1.39. The molecule has 0 radical (unpaired) electrons. The Labute approximate surface area is 170 Å². The molecule has 10 heteroatoms. The van der Waals surface area contributed by atoms with Crippen LogP contribution in [-0.2, 0) is 32.0 Å². The molecular formula is C19H23N5O4S. The van der Waals surface area contributed by atoms with E-state index in [1.165, 1.54) is 40.9 Å². The number of amides is 1. The van der Waals surface area contributed by atoms with Crippen molar-refractivity contribution in [3.63, 3.8) is 0 Å². The van der Waals surface area contributed by atoms with E-state index < -0.39 is 16.7 Å². The molecule has 0 aromatic carbocycles. The summed E-state index contributed by atoms with van der Waals surface area (Å²) in [5.41, 5.74) is -1.01. The zero-order valence-corrected chi connectivity index (χ0v) is 17.8. The van der Waals surface area contributed by atoms with Crippen LogP contribution in [0.5, 0.6) is 0 Å². The lowest BCUT2D eigenvalue weighted by Gasteiger charge is -2.17. The van der Waals surface area contributed by atoms with Gasteiger partial charge in [0.1, 0.15) is 0 Å². The van der Waals surface area contributed by atoms with Crippen LogP contribution in [0.15, 0.2) is 28.0 Å². The van der Waals surface area contributed by atoms with E-state index in [9.17, 15) is 19.2 Å². The van der Waals surface area contributed by atoms with Crippen molar-refractivity contribution in [3.8, 4) is 0 Å². The quantitative estimate of drug-likeness (QED) is 0.624. The van der Waals surface area contributed by atoms with Gasteiger partial charge in [-0.2, -0.15) is 0 Å². The number of fused-ring (bicyclic) bond motifs is 1. The van der Waals surface area contributed by atoms with Gasteiger partial charge in [0.25, 0.3) is 5.56 Å². The van der Waals surface area contributed by atoms with Crippen LogP contribution in [-0.4, -0.2) is 30.4 Å². The van der Waals surface area contributed by atoms with Crippen LogP contribution in [0.3, 0.4) is 0 Å². The number of nitrogens with zero attached hydrogens (tertiary/aromatic N) is 4. The van der Waals surface area contributed by atoms with Gasteiger partial charge in [-0.05, 0) is 12.1 Å². The van der Waals surface area contributed by atoms with Gasteiger partial charge in [0.15, 0.2) is 16.9 Å². The predicted molar refractivity (Wildman–Crippen MR) is 110 cm³/mol. The molecule has 0 fully saturated rings. The Hall–Kier alpha value is -3.01. The monoisotopic (exact) mass is 417 g/mol. The summed E-state index contributed by atoms with van der Waals surface area (Å²) >= 11 is 1.30. The lowest BCUT2D eigenvalue weighted by Crippen LogP contribution is -2.37. The summed E-state index contributed by atoms with van der Waals surface area (Å²) in [5, 5.41) is 2.85. The molecule has 0 aliphatic heterocycles. The summed E-state index contributed by atoms with van der Waals surface area (Å²) in [6.45, 7) is 5.78. The fourth-order valence-electron chi connectivity index (χ4n) is 2.80. The molecule has 3 heterocycles. The third-order valence-electron chi connectivity index (χ3n) is 4.57. The Balaban J connectivity index is 1.80. The molecule has 29 heavy (non-hydrogen) atoms. The number of Topliss-reactive ketones (excluding diaryl/α,β-unsaturated/α-hetero) is 1. The Morgan fingerprint density at radius 2 is 1.83 bits per heavy atom. The molecule has 0 aliphatic rings. The summed E-state index contributed by atoms with van der Waals surface area (Å²) < 4.78 is 3.73. The lowest BCUT2D eigenvalue weighted by molar-refractivity contribution is -0.128. The van der Waals surface area contributed by atoms with Gasteiger partial charge in [0.2, 0.25) is 5.91 Å².